The number of hydrogen-bond donors (Lipinski definition) is 1. The molecule has 0 saturated heterocycles. The van der Waals surface area contributed by atoms with E-state index in [2.05, 4.69) is 10.3 Å². The number of amides is 1. The SMILES string of the molecule is CC(=O)Nc1cc(C(C)N2C=C(OCC(C)(F)F)C(C)=CC2C)ccn1. The predicted octanol–water partition coefficient (Wildman–Crippen LogP) is 4.26. The minimum atomic E-state index is -2.89. The van der Waals surface area contributed by atoms with Crippen molar-refractivity contribution in [3.05, 3.63) is 47.5 Å². The van der Waals surface area contributed by atoms with Gasteiger partial charge >= 0.3 is 0 Å². The largest absolute Gasteiger partial charge is 0.486 e. The number of anilines is 1. The molecule has 0 radical (unpaired) electrons. The lowest BCUT2D eigenvalue weighted by atomic mass is 10.0. The Kier molecular flexibility index (Phi) is 6.00. The van der Waals surface area contributed by atoms with Crippen LogP contribution in [-0.2, 0) is 9.53 Å². The lowest BCUT2D eigenvalue weighted by molar-refractivity contribution is -0.114. The van der Waals surface area contributed by atoms with Crippen molar-refractivity contribution in [1.29, 1.82) is 0 Å². The van der Waals surface area contributed by atoms with Gasteiger partial charge in [0, 0.05) is 32.3 Å². The molecule has 1 amide bonds. The highest BCUT2D eigenvalue weighted by molar-refractivity contribution is 5.87. The van der Waals surface area contributed by atoms with Crippen molar-refractivity contribution in [1.82, 2.24) is 9.88 Å². The predicted molar refractivity (Wildman–Crippen MR) is 96.7 cm³/mol. The van der Waals surface area contributed by atoms with Crippen molar-refractivity contribution in [3.63, 3.8) is 0 Å². The van der Waals surface area contributed by atoms with Gasteiger partial charge in [-0.2, -0.15) is 0 Å². The van der Waals surface area contributed by atoms with Crippen LogP contribution < -0.4 is 5.32 Å². The third-order valence-corrected chi connectivity index (χ3v) is 4.12. The minimum Gasteiger partial charge on any atom is -0.486 e. The molecule has 2 unspecified atom stereocenters. The van der Waals surface area contributed by atoms with Gasteiger partial charge in [-0.1, -0.05) is 6.08 Å². The molecule has 0 bridgehead atoms. The van der Waals surface area contributed by atoms with E-state index in [1.165, 1.54) is 6.92 Å². The third-order valence-electron chi connectivity index (χ3n) is 4.12. The van der Waals surface area contributed by atoms with Gasteiger partial charge in [0.05, 0.1) is 6.04 Å². The molecular weight excluding hydrogens is 340 g/mol. The van der Waals surface area contributed by atoms with E-state index in [1.807, 2.05) is 37.8 Å². The number of allylic oxidation sites excluding steroid dienone is 1. The normalized spacial score (nSPS) is 18.7. The molecular formula is C19H25F2N3O2. The van der Waals surface area contributed by atoms with Crippen LogP contribution in [0.2, 0.25) is 0 Å². The lowest BCUT2D eigenvalue weighted by Crippen LogP contribution is -2.33. The number of hydrogen-bond acceptors (Lipinski definition) is 4. The summed E-state index contributed by atoms with van der Waals surface area (Å²) >= 11 is 0. The maximum atomic E-state index is 13.1. The first kappa shape index (κ1) is 19.9. The van der Waals surface area contributed by atoms with Gasteiger partial charge in [0.2, 0.25) is 5.91 Å². The topological polar surface area (TPSA) is 54.5 Å². The maximum Gasteiger partial charge on any atom is 0.278 e. The summed E-state index contributed by atoms with van der Waals surface area (Å²) in [5.41, 5.74) is 1.78. The van der Waals surface area contributed by atoms with Crippen LogP contribution in [0, 0.1) is 0 Å². The fourth-order valence-corrected chi connectivity index (χ4v) is 2.83. The Bertz CT molecular complexity index is 726. The summed E-state index contributed by atoms with van der Waals surface area (Å²) < 4.78 is 31.6. The molecule has 0 aromatic carbocycles. The van der Waals surface area contributed by atoms with Crippen molar-refractivity contribution in [2.75, 3.05) is 11.9 Å². The Morgan fingerprint density at radius 2 is 2.19 bits per heavy atom. The standard InChI is InChI=1S/C19H25F2N3O2/c1-12-8-13(2)24(10-17(12)26-11-19(5,20)21)14(3)16-6-7-22-18(9-16)23-15(4)25/h6-10,13-14H,11H2,1-5H3,(H,22,23,25). The molecule has 2 atom stereocenters. The van der Waals surface area contributed by atoms with Crippen LogP contribution in [0.1, 0.15) is 46.2 Å². The smallest absolute Gasteiger partial charge is 0.278 e. The number of carbonyl (C=O) groups is 1. The van der Waals surface area contributed by atoms with Gasteiger partial charge in [-0.25, -0.2) is 13.8 Å². The number of carbonyl (C=O) groups excluding carboxylic acids is 1. The molecule has 2 heterocycles. The molecule has 26 heavy (non-hydrogen) atoms. The Balaban J connectivity index is 2.22. The van der Waals surface area contributed by atoms with Crippen molar-refractivity contribution in [2.45, 2.75) is 52.6 Å². The summed E-state index contributed by atoms with van der Waals surface area (Å²) in [5.74, 6) is -2.17. The second-order valence-corrected chi connectivity index (χ2v) is 6.72. The van der Waals surface area contributed by atoms with Crippen molar-refractivity contribution < 1.29 is 18.3 Å². The Labute approximate surface area is 152 Å². The van der Waals surface area contributed by atoms with Gasteiger partial charge in [-0.3, -0.25) is 4.79 Å². The minimum absolute atomic E-state index is 0.0643. The van der Waals surface area contributed by atoms with Crippen LogP contribution >= 0.6 is 0 Å². The van der Waals surface area contributed by atoms with E-state index < -0.39 is 12.5 Å². The molecule has 1 aliphatic heterocycles. The monoisotopic (exact) mass is 365 g/mol. The number of halogens is 2. The quantitative estimate of drug-likeness (QED) is 0.818. The molecule has 1 N–H and O–H groups in total. The Morgan fingerprint density at radius 3 is 2.81 bits per heavy atom. The van der Waals surface area contributed by atoms with Crippen molar-refractivity contribution in [2.24, 2.45) is 0 Å². The first-order valence-corrected chi connectivity index (χ1v) is 8.49. The molecule has 0 aliphatic carbocycles. The van der Waals surface area contributed by atoms with Gasteiger partial charge < -0.3 is 15.0 Å². The van der Waals surface area contributed by atoms with Gasteiger partial charge in [-0.05, 0) is 44.0 Å². The summed E-state index contributed by atoms with van der Waals surface area (Å²) in [5, 5.41) is 2.66. The Hall–Kier alpha value is -2.44. The van der Waals surface area contributed by atoms with Crippen LogP contribution in [0.4, 0.5) is 14.6 Å². The van der Waals surface area contributed by atoms with Gasteiger partial charge in [0.25, 0.3) is 5.92 Å². The molecule has 1 aliphatic rings. The van der Waals surface area contributed by atoms with Crippen LogP contribution in [0.5, 0.6) is 0 Å². The lowest BCUT2D eigenvalue weighted by Gasteiger charge is -2.36. The highest BCUT2D eigenvalue weighted by Crippen LogP contribution is 2.31. The summed E-state index contributed by atoms with van der Waals surface area (Å²) in [4.78, 5) is 17.4. The van der Waals surface area contributed by atoms with Crippen molar-refractivity contribution >= 4 is 11.7 Å². The zero-order valence-electron chi connectivity index (χ0n) is 15.7. The number of alkyl halides is 2. The number of ether oxygens (including phenoxy) is 1. The second-order valence-electron chi connectivity index (χ2n) is 6.72. The second kappa shape index (κ2) is 7.85. The number of rotatable bonds is 6. The van der Waals surface area contributed by atoms with E-state index in [-0.39, 0.29) is 18.0 Å². The van der Waals surface area contributed by atoms with E-state index >= 15 is 0 Å². The van der Waals surface area contributed by atoms with Crippen molar-refractivity contribution in [3.8, 4) is 0 Å². The summed E-state index contributed by atoms with van der Waals surface area (Å²) in [6.45, 7) is 7.47. The molecule has 1 aromatic heterocycles. The van der Waals surface area contributed by atoms with E-state index in [0.717, 1.165) is 18.1 Å². The first-order chi connectivity index (χ1) is 12.1. The van der Waals surface area contributed by atoms with E-state index in [0.29, 0.717) is 11.6 Å². The summed E-state index contributed by atoms with van der Waals surface area (Å²) in [7, 11) is 0. The molecule has 5 nitrogen and oxygen atoms in total. The Morgan fingerprint density at radius 1 is 1.50 bits per heavy atom. The average Bonchev–Trinajstić information content (AvgIpc) is 2.52. The number of pyridine rings is 1. The zero-order valence-corrected chi connectivity index (χ0v) is 15.7. The summed E-state index contributed by atoms with van der Waals surface area (Å²) in [6.07, 6.45) is 5.38. The molecule has 7 heteroatoms. The number of nitrogens with one attached hydrogen (secondary N) is 1. The molecule has 1 aromatic rings. The zero-order chi connectivity index (χ0) is 19.5. The molecule has 0 fully saturated rings. The van der Waals surface area contributed by atoms with E-state index in [1.54, 1.807) is 18.5 Å². The fourth-order valence-electron chi connectivity index (χ4n) is 2.83. The van der Waals surface area contributed by atoms with Crippen LogP contribution in [0.3, 0.4) is 0 Å². The highest BCUT2D eigenvalue weighted by atomic mass is 19.3. The average molecular weight is 365 g/mol. The highest BCUT2D eigenvalue weighted by Gasteiger charge is 2.27. The number of aromatic nitrogens is 1. The molecule has 0 saturated carbocycles. The van der Waals surface area contributed by atoms with E-state index in [4.69, 9.17) is 4.74 Å². The van der Waals surface area contributed by atoms with Crippen LogP contribution in [-0.4, -0.2) is 34.4 Å². The summed E-state index contributed by atoms with van der Waals surface area (Å²) in [6, 6.07) is 3.67. The third kappa shape index (κ3) is 5.28. The molecule has 2 rings (SSSR count). The molecule has 142 valence electrons. The van der Waals surface area contributed by atoms with Crippen LogP contribution in [0.15, 0.2) is 41.9 Å². The van der Waals surface area contributed by atoms with Crippen LogP contribution in [0.25, 0.3) is 0 Å². The van der Waals surface area contributed by atoms with Gasteiger partial charge in [0.15, 0.2) is 6.61 Å². The molecule has 0 spiro atoms. The first-order valence-electron chi connectivity index (χ1n) is 8.49. The van der Waals surface area contributed by atoms with Gasteiger partial charge in [0.1, 0.15) is 11.6 Å². The van der Waals surface area contributed by atoms with E-state index in [9.17, 15) is 13.6 Å². The van der Waals surface area contributed by atoms with Gasteiger partial charge in [-0.15, -0.1) is 0 Å². The fraction of sp³-hybridized carbons (Fsp3) is 0.474. The number of nitrogens with zero attached hydrogens (tertiary/aromatic N) is 2. The maximum absolute atomic E-state index is 13.1.